The van der Waals surface area contributed by atoms with E-state index in [4.69, 9.17) is 16.2 Å². The molecule has 2 fully saturated rings. The number of carbonyl (C=O) groups excluding carboxylic acids is 2. The first kappa shape index (κ1) is 13.3. The molecule has 4 N–H and O–H groups in total. The van der Waals surface area contributed by atoms with Crippen LogP contribution < -0.4 is 11.5 Å². The van der Waals surface area contributed by atoms with E-state index in [1.165, 1.54) is 0 Å². The van der Waals surface area contributed by atoms with Gasteiger partial charge in [0.25, 0.3) is 0 Å². The molecule has 1 atom stereocenters. The van der Waals surface area contributed by atoms with Crippen LogP contribution in [0.4, 0.5) is 0 Å². The predicted molar refractivity (Wildman–Crippen MR) is 65.5 cm³/mol. The van der Waals surface area contributed by atoms with Crippen LogP contribution >= 0.6 is 0 Å². The fraction of sp³-hybridized carbons (Fsp3) is 0.833. The molecule has 2 rings (SSSR count). The molecule has 0 aromatic carbocycles. The molecular formula is C12H21N3O3. The second kappa shape index (κ2) is 5.24. The van der Waals surface area contributed by atoms with Gasteiger partial charge in [-0.2, -0.15) is 0 Å². The highest BCUT2D eigenvalue weighted by molar-refractivity contribution is 5.87. The molecule has 0 aromatic heterocycles. The number of rotatable bonds is 2. The van der Waals surface area contributed by atoms with Crippen molar-refractivity contribution in [2.45, 2.75) is 43.7 Å². The Balaban J connectivity index is 2.01. The van der Waals surface area contributed by atoms with Crippen LogP contribution in [-0.2, 0) is 14.3 Å². The van der Waals surface area contributed by atoms with Gasteiger partial charge < -0.3 is 21.1 Å². The normalized spacial score (nSPS) is 27.8. The minimum Gasteiger partial charge on any atom is -0.367 e. The largest absolute Gasteiger partial charge is 0.367 e. The standard InChI is InChI=1S/C12H21N3O3/c13-10(16)9-8-15(6-7-18-9)11(17)12(14)4-2-1-3-5-12/h9H,1-8,14H2,(H2,13,16)/t9-/m0/s1. The second-order valence-electron chi connectivity index (χ2n) is 5.23. The summed E-state index contributed by atoms with van der Waals surface area (Å²) in [5, 5.41) is 0. The summed E-state index contributed by atoms with van der Waals surface area (Å²) in [4.78, 5) is 25.2. The maximum absolute atomic E-state index is 12.4. The smallest absolute Gasteiger partial charge is 0.248 e. The minimum atomic E-state index is -0.752. The lowest BCUT2D eigenvalue weighted by Crippen LogP contribution is -2.60. The van der Waals surface area contributed by atoms with Crippen LogP contribution in [-0.4, -0.2) is 48.1 Å². The first-order valence-corrected chi connectivity index (χ1v) is 6.52. The maximum atomic E-state index is 12.4. The second-order valence-corrected chi connectivity index (χ2v) is 5.23. The van der Waals surface area contributed by atoms with Crippen LogP contribution in [0.25, 0.3) is 0 Å². The van der Waals surface area contributed by atoms with Crippen LogP contribution in [0, 0.1) is 0 Å². The molecule has 1 aliphatic carbocycles. The fourth-order valence-corrected chi connectivity index (χ4v) is 2.72. The number of ether oxygens (including phenoxy) is 1. The van der Waals surface area contributed by atoms with Crippen molar-refractivity contribution in [2.75, 3.05) is 19.7 Å². The van der Waals surface area contributed by atoms with E-state index in [9.17, 15) is 9.59 Å². The van der Waals surface area contributed by atoms with E-state index in [1.54, 1.807) is 4.90 Å². The highest BCUT2D eigenvalue weighted by Crippen LogP contribution is 2.28. The van der Waals surface area contributed by atoms with Gasteiger partial charge in [0.05, 0.1) is 18.7 Å². The molecule has 1 saturated heterocycles. The molecule has 2 aliphatic rings. The Morgan fingerprint density at radius 3 is 2.50 bits per heavy atom. The van der Waals surface area contributed by atoms with Gasteiger partial charge in [-0.05, 0) is 12.8 Å². The molecule has 0 unspecified atom stereocenters. The van der Waals surface area contributed by atoms with E-state index < -0.39 is 17.6 Å². The van der Waals surface area contributed by atoms with E-state index in [1.807, 2.05) is 0 Å². The topological polar surface area (TPSA) is 98.7 Å². The van der Waals surface area contributed by atoms with E-state index in [2.05, 4.69) is 0 Å². The SMILES string of the molecule is NC(=O)[C@@H]1CN(C(=O)C2(N)CCCCC2)CCO1. The lowest BCUT2D eigenvalue weighted by molar-refractivity contribution is -0.150. The Morgan fingerprint density at radius 2 is 1.89 bits per heavy atom. The molecule has 18 heavy (non-hydrogen) atoms. The zero-order valence-corrected chi connectivity index (χ0v) is 10.6. The summed E-state index contributed by atoms with van der Waals surface area (Å²) < 4.78 is 5.23. The number of hydrogen-bond donors (Lipinski definition) is 2. The Labute approximate surface area is 107 Å². The zero-order chi connectivity index (χ0) is 13.2. The van der Waals surface area contributed by atoms with Crippen molar-refractivity contribution in [1.29, 1.82) is 0 Å². The molecule has 1 heterocycles. The van der Waals surface area contributed by atoms with E-state index in [-0.39, 0.29) is 12.5 Å². The van der Waals surface area contributed by atoms with Gasteiger partial charge in [0.15, 0.2) is 6.10 Å². The molecule has 1 saturated carbocycles. The Morgan fingerprint density at radius 1 is 1.22 bits per heavy atom. The number of primary amides is 1. The van der Waals surface area contributed by atoms with Gasteiger partial charge in [0, 0.05) is 6.54 Å². The van der Waals surface area contributed by atoms with Crippen molar-refractivity contribution in [1.82, 2.24) is 4.90 Å². The Bertz CT molecular complexity index is 339. The third kappa shape index (κ3) is 2.64. The highest BCUT2D eigenvalue weighted by Gasteiger charge is 2.40. The molecule has 1 aliphatic heterocycles. The zero-order valence-electron chi connectivity index (χ0n) is 10.6. The summed E-state index contributed by atoms with van der Waals surface area (Å²) in [7, 11) is 0. The third-order valence-corrected chi connectivity index (χ3v) is 3.84. The van der Waals surface area contributed by atoms with Gasteiger partial charge in [-0.1, -0.05) is 19.3 Å². The van der Waals surface area contributed by atoms with E-state index in [0.717, 1.165) is 32.1 Å². The lowest BCUT2D eigenvalue weighted by Gasteiger charge is -2.39. The minimum absolute atomic E-state index is 0.0586. The number of hydrogen-bond acceptors (Lipinski definition) is 4. The van der Waals surface area contributed by atoms with Crippen molar-refractivity contribution in [3.8, 4) is 0 Å². The molecule has 0 spiro atoms. The average Bonchev–Trinajstić information content (AvgIpc) is 2.39. The molecule has 0 aromatic rings. The number of amides is 2. The van der Waals surface area contributed by atoms with Crippen LogP contribution in [0.3, 0.4) is 0 Å². The van der Waals surface area contributed by atoms with Crippen LogP contribution in [0.5, 0.6) is 0 Å². The molecule has 2 amide bonds. The molecule has 102 valence electrons. The molecule has 0 bridgehead atoms. The van der Waals surface area contributed by atoms with Gasteiger partial charge in [0.2, 0.25) is 11.8 Å². The van der Waals surface area contributed by atoms with Gasteiger partial charge in [-0.25, -0.2) is 0 Å². The van der Waals surface area contributed by atoms with Gasteiger partial charge >= 0.3 is 0 Å². The first-order valence-electron chi connectivity index (χ1n) is 6.52. The summed E-state index contributed by atoms with van der Waals surface area (Å²) in [5.41, 5.74) is 10.7. The van der Waals surface area contributed by atoms with Crippen molar-refractivity contribution in [3.05, 3.63) is 0 Å². The fourth-order valence-electron chi connectivity index (χ4n) is 2.72. The Kier molecular flexibility index (Phi) is 3.87. The number of morpholine rings is 1. The molecule has 6 heteroatoms. The quantitative estimate of drug-likeness (QED) is 0.685. The van der Waals surface area contributed by atoms with Crippen molar-refractivity contribution in [3.63, 3.8) is 0 Å². The van der Waals surface area contributed by atoms with Gasteiger partial charge in [-0.3, -0.25) is 9.59 Å². The summed E-state index contributed by atoms with van der Waals surface area (Å²) in [6, 6.07) is 0. The molecule has 6 nitrogen and oxygen atoms in total. The maximum Gasteiger partial charge on any atom is 0.248 e. The number of carbonyl (C=O) groups is 2. The van der Waals surface area contributed by atoms with Gasteiger partial charge in [-0.15, -0.1) is 0 Å². The summed E-state index contributed by atoms with van der Waals surface area (Å²) in [5.74, 6) is -0.584. The van der Waals surface area contributed by atoms with Crippen molar-refractivity contribution >= 4 is 11.8 Å². The third-order valence-electron chi connectivity index (χ3n) is 3.84. The average molecular weight is 255 g/mol. The highest BCUT2D eigenvalue weighted by atomic mass is 16.5. The summed E-state index contributed by atoms with van der Waals surface area (Å²) >= 11 is 0. The monoisotopic (exact) mass is 255 g/mol. The lowest BCUT2D eigenvalue weighted by atomic mass is 9.81. The molecular weight excluding hydrogens is 234 g/mol. The van der Waals surface area contributed by atoms with E-state index in [0.29, 0.717) is 13.2 Å². The van der Waals surface area contributed by atoms with Crippen LogP contribution in [0.1, 0.15) is 32.1 Å². The van der Waals surface area contributed by atoms with Crippen molar-refractivity contribution in [2.24, 2.45) is 11.5 Å². The van der Waals surface area contributed by atoms with Crippen LogP contribution in [0.15, 0.2) is 0 Å². The summed E-state index contributed by atoms with van der Waals surface area (Å²) in [6.45, 7) is 1.06. The number of nitrogens with zero attached hydrogens (tertiary/aromatic N) is 1. The first-order chi connectivity index (χ1) is 8.53. The number of nitrogens with two attached hydrogens (primary N) is 2. The summed E-state index contributed by atoms with van der Waals surface area (Å²) in [6.07, 6.45) is 3.88. The predicted octanol–water partition coefficient (Wildman–Crippen LogP) is -0.639. The van der Waals surface area contributed by atoms with Crippen LogP contribution in [0.2, 0.25) is 0 Å². The Hall–Kier alpha value is -1.14. The van der Waals surface area contributed by atoms with Gasteiger partial charge in [0.1, 0.15) is 0 Å². The van der Waals surface area contributed by atoms with Crippen molar-refractivity contribution < 1.29 is 14.3 Å². The van der Waals surface area contributed by atoms with E-state index >= 15 is 0 Å². The molecule has 0 radical (unpaired) electrons.